The monoisotopic (exact) mass is 311 g/mol. The molecule has 0 bridgehead atoms. The predicted molar refractivity (Wildman–Crippen MR) is 86.7 cm³/mol. The van der Waals surface area contributed by atoms with Crippen LogP contribution in [0, 0.1) is 0 Å². The summed E-state index contributed by atoms with van der Waals surface area (Å²) in [5, 5.41) is 17.4. The zero-order valence-electron chi connectivity index (χ0n) is 11.0. The first kappa shape index (κ1) is 15.2. The molecule has 1 heterocycles. The van der Waals surface area contributed by atoms with Crippen LogP contribution in [0.5, 0.6) is 0 Å². The van der Waals surface area contributed by atoms with Gasteiger partial charge >= 0.3 is 5.97 Å². The summed E-state index contributed by atoms with van der Waals surface area (Å²) in [7, 11) is -0.193. The van der Waals surface area contributed by atoms with Gasteiger partial charge in [-0.2, -0.15) is 0 Å². The smallest absolute Gasteiger partial charge is 0.321 e. The van der Waals surface area contributed by atoms with Gasteiger partial charge in [-0.15, -0.1) is 0 Å². The maximum atomic E-state index is 11.3. The van der Waals surface area contributed by atoms with Crippen LogP contribution in [0.25, 0.3) is 0 Å². The van der Waals surface area contributed by atoms with E-state index in [4.69, 9.17) is 11.6 Å². The Bertz CT molecular complexity index is 501. The SMILES string of the molecule is O=C(O)[C@H](Cc1ccc(Cl)cc1)NCC[SH]1C=CC=C1. The quantitative estimate of drug-likeness (QED) is 0.679. The van der Waals surface area contributed by atoms with Crippen molar-refractivity contribution in [2.45, 2.75) is 12.5 Å². The van der Waals surface area contributed by atoms with Gasteiger partial charge in [0.25, 0.3) is 0 Å². The molecule has 1 atom stereocenters. The van der Waals surface area contributed by atoms with Crippen molar-refractivity contribution in [1.29, 1.82) is 0 Å². The van der Waals surface area contributed by atoms with Gasteiger partial charge in [-0.05, 0) is 40.7 Å². The van der Waals surface area contributed by atoms with Gasteiger partial charge in [-0.25, -0.2) is 10.9 Å². The van der Waals surface area contributed by atoms with Crippen molar-refractivity contribution in [3.63, 3.8) is 0 Å². The first-order chi connectivity index (χ1) is 9.65. The maximum Gasteiger partial charge on any atom is 0.321 e. The molecule has 2 N–H and O–H groups in total. The van der Waals surface area contributed by atoms with Crippen LogP contribution in [0.15, 0.2) is 47.2 Å². The molecule has 0 spiro atoms. The fraction of sp³-hybridized carbons (Fsp3) is 0.267. The molecule has 108 valence electrons. The summed E-state index contributed by atoms with van der Waals surface area (Å²) in [6.45, 7) is 0.713. The fourth-order valence-corrected chi connectivity index (χ4v) is 3.54. The Hall–Kier alpha value is -1.23. The largest absolute Gasteiger partial charge is 0.480 e. The number of hydrogen-bond acceptors (Lipinski definition) is 2. The zero-order valence-corrected chi connectivity index (χ0v) is 12.6. The third-order valence-electron chi connectivity index (χ3n) is 3.08. The van der Waals surface area contributed by atoms with Gasteiger partial charge in [0.1, 0.15) is 6.04 Å². The van der Waals surface area contributed by atoms with Crippen molar-refractivity contribution >= 4 is 28.5 Å². The highest BCUT2D eigenvalue weighted by molar-refractivity contribution is 8.22. The molecule has 2 rings (SSSR count). The number of allylic oxidation sites excluding steroid dienone is 2. The van der Waals surface area contributed by atoms with Gasteiger partial charge in [0.15, 0.2) is 0 Å². The molecule has 0 saturated heterocycles. The van der Waals surface area contributed by atoms with E-state index in [-0.39, 0.29) is 10.9 Å². The molecule has 3 nitrogen and oxygen atoms in total. The number of carboxylic acid groups (broad SMARTS) is 1. The van der Waals surface area contributed by atoms with Crippen molar-refractivity contribution < 1.29 is 9.90 Å². The van der Waals surface area contributed by atoms with E-state index in [0.29, 0.717) is 18.0 Å². The first-order valence-corrected chi connectivity index (χ1v) is 8.51. The van der Waals surface area contributed by atoms with Crippen molar-refractivity contribution in [3.8, 4) is 0 Å². The van der Waals surface area contributed by atoms with Crippen molar-refractivity contribution in [1.82, 2.24) is 5.32 Å². The number of benzene rings is 1. The van der Waals surface area contributed by atoms with Crippen molar-refractivity contribution in [2.75, 3.05) is 12.3 Å². The van der Waals surface area contributed by atoms with Crippen LogP contribution in [-0.2, 0) is 11.2 Å². The first-order valence-electron chi connectivity index (χ1n) is 6.46. The number of halogens is 1. The number of carboxylic acids is 1. The van der Waals surface area contributed by atoms with E-state index < -0.39 is 12.0 Å². The highest BCUT2D eigenvalue weighted by Gasteiger charge is 2.17. The van der Waals surface area contributed by atoms with Gasteiger partial charge in [-0.3, -0.25) is 4.79 Å². The Kier molecular flexibility index (Phi) is 5.71. The summed E-state index contributed by atoms with van der Waals surface area (Å²) >= 11 is 5.82. The van der Waals surface area contributed by atoms with Crippen LogP contribution in [-0.4, -0.2) is 29.4 Å². The number of rotatable bonds is 7. The highest BCUT2D eigenvalue weighted by atomic mass is 35.5. The molecule has 0 aliphatic carbocycles. The summed E-state index contributed by atoms with van der Waals surface area (Å²) in [4.78, 5) is 11.3. The number of nitrogens with one attached hydrogen (secondary N) is 1. The average Bonchev–Trinajstić information content (AvgIpc) is 2.93. The minimum absolute atomic E-state index is 0.193. The third kappa shape index (κ3) is 4.71. The Morgan fingerprint density at radius 3 is 2.50 bits per heavy atom. The third-order valence-corrected chi connectivity index (χ3v) is 5.18. The van der Waals surface area contributed by atoms with Gasteiger partial charge in [0, 0.05) is 11.6 Å². The highest BCUT2D eigenvalue weighted by Crippen LogP contribution is 2.31. The van der Waals surface area contributed by atoms with Crippen LogP contribution in [0.1, 0.15) is 5.56 Å². The Balaban J connectivity index is 1.83. The second-order valence-electron chi connectivity index (χ2n) is 4.60. The lowest BCUT2D eigenvalue weighted by Crippen LogP contribution is -2.39. The van der Waals surface area contributed by atoms with Gasteiger partial charge in [-0.1, -0.05) is 35.9 Å². The molecule has 20 heavy (non-hydrogen) atoms. The molecule has 0 unspecified atom stereocenters. The molecule has 1 aliphatic heterocycles. The second kappa shape index (κ2) is 7.53. The Morgan fingerprint density at radius 2 is 1.90 bits per heavy atom. The Morgan fingerprint density at radius 1 is 1.25 bits per heavy atom. The maximum absolute atomic E-state index is 11.3. The normalized spacial score (nSPS) is 16.6. The van der Waals surface area contributed by atoms with Crippen LogP contribution in [0.3, 0.4) is 0 Å². The lowest BCUT2D eigenvalue weighted by atomic mass is 10.1. The molecule has 1 aromatic rings. The van der Waals surface area contributed by atoms with E-state index >= 15 is 0 Å². The average molecular weight is 312 g/mol. The van der Waals surface area contributed by atoms with Crippen molar-refractivity contribution in [2.24, 2.45) is 0 Å². The molecule has 0 saturated carbocycles. The van der Waals surface area contributed by atoms with E-state index in [0.717, 1.165) is 11.3 Å². The van der Waals surface area contributed by atoms with Crippen LogP contribution < -0.4 is 5.32 Å². The van der Waals surface area contributed by atoms with E-state index in [1.807, 2.05) is 24.3 Å². The van der Waals surface area contributed by atoms with Crippen LogP contribution in [0.4, 0.5) is 0 Å². The van der Waals surface area contributed by atoms with Gasteiger partial charge in [0.2, 0.25) is 0 Å². The topological polar surface area (TPSA) is 49.3 Å². The van der Waals surface area contributed by atoms with E-state index in [2.05, 4.69) is 16.1 Å². The van der Waals surface area contributed by atoms with Gasteiger partial charge in [0.05, 0.1) is 0 Å². The molecular weight excluding hydrogens is 294 g/mol. The van der Waals surface area contributed by atoms with E-state index in [9.17, 15) is 9.90 Å². The minimum Gasteiger partial charge on any atom is -0.480 e. The van der Waals surface area contributed by atoms with Crippen LogP contribution >= 0.6 is 22.5 Å². The summed E-state index contributed by atoms with van der Waals surface area (Å²) in [5.74, 6) is 0.164. The van der Waals surface area contributed by atoms with Crippen molar-refractivity contribution in [3.05, 3.63) is 57.8 Å². The fourth-order valence-electron chi connectivity index (χ4n) is 1.99. The number of hydrogen-bond donors (Lipinski definition) is 3. The molecule has 5 heteroatoms. The lowest BCUT2D eigenvalue weighted by molar-refractivity contribution is -0.139. The molecule has 0 aromatic heterocycles. The number of aliphatic carboxylic acids is 1. The van der Waals surface area contributed by atoms with Gasteiger partial charge < -0.3 is 10.4 Å². The summed E-state index contributed by atoms with van der Waals surface area (Å²) in [5.41, 5.74) is 0.973. The molecule has 1 aromatic carbocycles. The Labute approximate surface area is 126 Å². The summed E-state index contributed by atoms with van der Waals surface area (Å²) in [6.07, 6.45) is 4.57. The standard InChI is InChI=1S/C15H18ClNO2S/c16-13-5-3-12(4-6-13)11-14(15(18)19)17-7-10-20-8-1-2-9-20/h1-6,8-9,14,17,20H,7,10-11H2,(H,18,19)/t14-/m0/s1. The number of thiol groups is 1. The number of carbonyl (C=O) groups is 1. The molecule has 0 radical (unpaired) electrons. The molecular formula is C15H18ClNO2S. The van der Waals surface area contributed by atoms with E-state index in [1.165, 1.54) is 0 Å². The summed E-state index contributed by atoms with van der Waals surface area (Å²) in [6, 6.07) is 6.75. The predicted octanol–water partition coefficient (Wildman–Crippen LogP) is 2.97. The molecule has 0 fully saturated rings. The van der Waals surface area contributed by atoms with Crippen LogP contribution in [0.2, 0.25) is 5.02 Å². The lowest BCUT2D eigenvalue weighted by Gasteiger charge is -2.16. The second-order valence-corrected chi connectivity index (χ2v) is 7.10. The molecule has 0 amide bonds. The molecule has 1 aliphatic rings. The zero-order chi connectivity index (χ0) is 14.4. The summed E-state index contributed by atoms with van der Waals surface area (Å²) < 4.78 is 0. The van der Waals surface area contributed by atoms with E-state index in [1.54, 1.807) is 12.1 Å². The minimum atomic E-state index is -0.815.